The molecule has 1 N–H and O–H groups in total. The first-order chi connectivity index (χ1) is 9.27. The van der Waals surface area contributed by atoms with Gasteiger partial charge in [-0.05, 0) is 15.9 Å². The minimum atomic E-state index is -2.28. The summed E-state index contributed by atoms with van der Waals surface area (Å²) < 4.78 is 67.5. The topological polar surface area (TPSA) is 38.0 Å². The molecule has 2 aromatic rings. The molecule has 0 saturated carbocycles. The zero-order valence-electron chi connectivity index (χ0n) is 9.76. The Kier molecular flexibility index (Phi) is 3.83. The highest BCUT2D eigenvalue weighted by molar-refractivity contribution is 9.10. The van der Waals surface area contributed by atoms with E-state index in [0.29, 0.717) is 0 Å². The molecule has 1 unspecified atom stereocenters. The van der Waals surface area contributed by atoms with Gasteiger partial charge in [-0.15, -0.1) is 0 Å². The Morgan fingerprint density at radius 1 is 1.05 bits per heavy atom. The first kappa shape index (κ1) is 14.9. The van der Waals surface area contributed by atoms with E-state index in [9.17, 15) is 27.1 Å². The number of rotatable bonds is 2. The van der Waals surface area contributed by atoms with Gasteiger partial charge in [0.2, 0.25) is 5.82 Å². The molecule has 0 aliphatic heterocycles. The lowest BCUT2D eigenvalue weighted by Crippen LogP contribution is -2.15. The van der Waals surface area contributed by atoms with Gasteiger partial charge < -0.3 is 5.11 Å². The van der Waals surface area contributed by atoms with Crippen LogP contribution in [0.3, 0.4) is 0 Å². The Morgan fingerprint density at radius 3 is 1.90 bits per heavy atom. The molecule has 108 valence electrons. The zero-order chi connectivity index (χ0) is 15.2. The second kappa shape index (κ2) is 5.13. The highest BCUT2D eigenvalue weighted by Crippen LogP contribution is 2.33. The van der Waals surface area contributed by atoms with E-state index in [1.165, 1.54) is 13.2 Å². The van der Waals surface area contributed by atoms with Gasteiger partial charge in [-0.3, -0.25) is 4.68 Å². The van der Waals surface area contributed by atoms with Gasteiger partial charge in [0.1, 0.15) is 6.10 Å². The van der Waals surface area contributed by atoms with Gasteiger partial charge in [-0.25, -0.2) is 22.0 Å². The molecular weight excluding hydrogens is 351 g/mol. The predicted molar refractivity (Wildman–Crippen MR) is 61.2 cm³/mol. The standard InChI is InChI=1S/C11H6BrF5N2O/c1-19-10(3(12)2-18-19)11(20)4-5(13)7(15)9(17)8(16)6(4)14/h2,11,20H,1H3. The van der Waals surface area contributed by atoms with Gasteiger partial charge in [-0.1, -0.05) is 0 Å². The van der Waals surface area contributed by atoms with Gasteiger partial charge >= 0.3 is 0 Å². The molecule has 20 heavy (non-hydrogen) atoms. The molecule has 0 aliphatic rings. The molecule has 0 spiro atoms. The molecule has 0 fully saturated rings. The van der Waals surface area contributed by atoms with E-state index in [0.717, 1.165) is 4.68 Å². The van der Waals surface area contributed by atoms with Crippen molar-refractivity contribution in [1.29, 1.82) is 0 Å². The van der Waals surface area contributed by atoms with Gasteiger partial charge in [0.25, 0.3) is 0 Å². The minimum absolute atomic E-state index is 0.145. The third-order valence-electron chi connectivity index (χ3n) is 2.71. The summed E-state index contributed by atoms with van der Waals surface area (Å²) in [5.41, 5.74) is -1.47. The van der Waals surface area contributed by atoms with Crippen LogP contribution in [0.4, 0.5) is 22.0 Å². The third kappa shape index (κ3) is 2.10. The van der Waals surface area contributed by atoms with Crippen LogP contribution >= 0.6 is 15.9 Å². The van der Waals surface area contributed by atoms with Crippen LogP contribution in [0, 0.1) is 29.1 Å². The molecule has 2 rings (SSSR count). The number of hydrogen-bond acceptors (Lipinski definition) is 2. The van der Waals surface area contributed by atoms with Crippen LogP contribution in [0.25, 0.3) is 0 Å². The second-order valence-corrected chi connectivity index (χ2v) is 4.74. The predicted octanol–water partition coefficient (Wildman–Crippen LogP) is 2.96. The van der Waals surface area contributed by atoms with Crippen molar-refractivity contribution < 1.29 is 27.1 Å². The molecule has 0 bridgehead atoms. The number of aliphatic hydroxyl groups is 1. The fourth-order valence-corrected chi connectivity index (χ4v) is 2.29. The van der Waals surface area contributed by atoms with Crippen molar-refractivity contribution in [3.8, 4) is 0 Å². The van der Waals surface area contributed by atoms with Crippen molar-refractivity contribution in [2.75, 3.05) is 0 Å². The lowest BCUT2D eigenvalue weighted by Gasteiger charge is -2.15. The highest BCUT2D eigenvalue weighted by Gasteiger charge is 2.32. The van der Waals surface area contributed by atoms with Gasteiger partial charge in [0.15, 0.2) is 23.3 Å². The van der Waals surface area contributed by atoms with E-state index in [4.69, 9.17) is 0 Å². The summed E-state index contributed by atoms with van der Waals surface area (Å²) in [6, 6.07) is 0. The Balaban J connectivity index is 2.71. The van der Waals surface area contributed by atoms with E-state index in [1.807, 2.05) is 0 Å². The first-order valence-electron chi connectivity index (χ1n) is 5.14. The van der Waals surface area contributed by atoms with E-state index in [-0.39, 0.29) is 10.2 Å². The summed E-state index contributed by atoms with van der Waals surface area (Å²) >= 11 is 2.97. The number of aryl methyl sites for hydroxylation is 1. The maximum absolute atomic E-state index is 13.6. The lowest BCUT2D eigenvalue weighted by molar-refractivity contribution is 0.192. The maximum atomic E-state index is 13.6. The van der Waals surface area contributed by atoms with Crippen LogP contribution in [0.1, 0.15) is 17.4 Å². The largest absolute Gasteiger partial charge is 0.382 e. The van der Waals surface area contributed by atoms with Gasteiger partial charge in [-0.2, -0.15) is 5.10 Å². The Bertz CT molecular complexity index is 639. The summed E-state index contributed by atoms with van der Waals surface area (Å²) in [6.07, 6.45) is -0.855. The van der Waals surface area contributed by atoms with Crippen molar-refractivity contribution in [1.82, 2.24) is 9.78 Å². The average molecular weight is 357 g/mol. The number of aliphatic hydroxyl groups excluding tert-OH is 1. The van der Waals surface area contributed by atoms with Crippen LogP contribution in [-0.4, -0.2) is 14.9 Å². The molecule has 3 nitrogen and oxygen atoms in total. The number of benzene rings is 1. The van der Waals surface area contributed by atoms with E-state index in [1.54, 1.807) is 0 Å². The number of nitrogens with zero attached hydrogens (tertiary/aromatic N) is 2. The number of halogens is 6. The zero-order valence-corrected chi connectivity index (χ0v) is 11.4. The Labute approximate surface area is 117 Å². The number of aromatic nitrogens is 2. The Morgan fingerprint density at radius 2 is 1.50 bits per heavy atom. The minimum Gasteiger partial charge on any atom is -0.382 e. The van der Waals surface area contributed by atoms with Crippen molar-refractivity contribution in [3.05, 3.63) is 51.0 Å². The molecule has 9 heteroatoms. The van der Waals surface area contributed by atoms with Crippen LogP contribution in [0.15, 0.2) is 10.7 Å². The summed E-state index contributed by atoms with van der Waals surface area (Å²) in [7, 11) is 1.34. The van der Waals surface area contributed by atoms with Crippen molar-refractivity contribution >= 4 is 15.9 Å². The first-order valence-corrected chi connectivity index (χ1v) is 5.93. The summed E-state index contributed by atoms with van der Waals surface area (Å²) in [5.74, 6) is -10.7. The molecule has 0 saturated heterocycles. The monoisotopic (exact) mass is 356 g/mol. The molecule has 1 aromatic carbocycles. The van der Waals surface area contributed by atoms with Crippen LogP contribution in [0.5, 0.6) is 0 Å². The normalized spacial score (nSPS) is 12.8. The van der Waals surface area contributed by atoms with Crippen molar-refractivity contribution in [3.63, 3.8) is 0 Å². The van der Waals surface area contributed by atoms with Gasteiger partial charge in [0.05, 0.1) is 21.9 Å². The average Bonchev–Trinajstić information content (AvgIpc) is 2.73. The second-order valence-electron chi connectivity index (χ2n) is 3.89. The number of hydrogen-bond donors (Lipinski definition) is 1. The van der Waals surface area contributed by atoms with E-state index in [2.05, 4.69) is 21.0 Å². The maximum Gasteiger partial charge on any atom is 0.200 e. The molecule has 1 atom stereocenters. The summed E-state index contributed by atoms with van der Waals surface area (Å²) in [5, 5.41) is 13.6. The van der Waals surface area contributed by atoms with Gasteiger partial charge in [0, 0.05) is 7.05 Å². The SMILES string of the molecule is Cn1ncc(Br)c1C(O)c1c(F)c(F)c(F)c(F)c1F. The molecular formula is C11H6BrF5N2O. The van der Waals surface area contributed by atoms with E-state index < -0.39 is 40.8 Å². The fourth-order valence-electron chi connectivity index (χ4n) is 1.73. The van der Waals surface area contributed by atoms with Crippen LogP contribution < -0.4 is 0 Å². The molecule has 0 radical (unpaired) electrons. The van der Waals surface area contributed by atoms with Crippen LogP contribution in [-0.2, 0) is 7.05 Å². The van der Waals surface area contributed by atoms with E-state index >= 15 is 0 Å². The van der Waals surface area contributed by atoms with Crippen LogP contribution in [0.2, 0.25) is 0 Å². The summed E-state index contributed by atoms with van der Waals surface area (Å²) in [4.78, 5) is 0. The molecule has 0 amide bonds. The highest BCUT2D eigenvalue weighted by atomic mass is 79.9. The fraction of sp³-hybridized carbons (Fsp3) is 0.182. The smallest absolute Gasteiger partial charge is 0.200 e. The van der Waals surface area contributed by atoms with Crippen molar-refractivity contribution in [2.24, 2.45) is 7.05 Å². The molecule has 1 heterocycles. The Hall–Kier alpha value is -1.48. The lowest BCUT2D eigenvalue weighted by atomic mass is 10.0. The molecule has 1 aromatic heterocycles. The third-order valence-corrected chi connectivity index (χ3v) is 3.32. The quantitative estimate of drug-likeness (QED) is 0.510. The van der Waals surface area contributed by atoms with Crippen molar-refractivity contribution in [2.45, 2.75) is 6.10 Å². The summed E-state index contributed by atoms with van der Waals surface area (Å²) in [6.45, 7) is 0. The molecule has 0 aliphatic carbocycles.